The van der Waals surface area contributed by atoms with Crippen LogP contribution in [0.25, 0.3) is 11.5 Å². The van der Waals surface area contributed by atoms with E-state index in [4.69, 9.17) is 9.63 Å². The molecule has 0 fully saturated rings. The maximum atomic E-state index is 13.2. The third-order valence-corrected chi connectivity index (χ3v) is 2.64. The molecule has 0 aliphatic heterocycles. The largest absolute Gasteiger partial charge is 0.505 e. The van der Waals surface area contributed by atoms with Gasteiger partial charge in [-0.2, -0.15) is 10.1 Å². The minimum atomic E-state index is -0.684. The fourth-order valence-corrected chi connectivity index (χ4v) is 1.69. The van der Waals surface area contributed by atoms with E-state index in [1.54, 1.807) is 24.4 Å². The van der Waals surface area contributed by atoms with Crippen LogP contribution >= 0.6 is 0 Å². The first kappa shape index (κ1) is 12.2. The van der Waals surface area contributed by atoms with Gasteiger partial charge in [0.15, 0.2) is 11.6 Å². The smallest absolute Gasteiger partial charge is 0.231 e. The van der Waals surface area contributed by atoms with Gasteiger partial charge in [-0.1, -0.05) is 11.2 Å². The van der Waals surface area contributed by atoms with E-state index in [0.717, 1.165) is 0 Å². The zero-order valence-electron chi connectivity index (χ0n) is 10.2. The molecule has 2 aromatic heterocycles. The van der Waals surface area contributed by atoms with Crippen molar-refractivity contribution in [2.75, 3.05) is 0 Å². The van der Waals surface area contributed by atoms with E-state index in [-0.39, 0.29) is 12.2 Å². The Morgan fingerprint density at radius 3 is 2.90 bits per heavy atom. The third-order valence-electron chi connectivity index (χ3n) is 2.64. The molecule has 0 amide bonds. The van der Waals surface area contributed by atoms with Crippen LogP contribution in [-0.2, 0) is 6.42 Å². The van der Waals surface area contributed by atoms with Crippen LogP contribution in [-0.4, -0.2) is 25.4 Å². The van der Waals surface area contributed by atoms with E-state index in [0.29, 0.717) is 23.0 Å². The molecule has 7 heteroatoms. The second-order valence-corrected chi connectivity index (χ2v) is 4.08. The maximum absolute atomic E-state index is 13.2. The SMILES string of the molecule is Oc1ccc(Cc2nc(-c3cccnn3)no2)cc1F. The second kappa shape index (κ2) is 5.04. The molecule has 0 unspecified atom stereocenters. The van der Waals surface area contributed by atoms with Crippen molar-refractivity contribution in [1.82, 2.24) is 20.3 Å². The summed E-state index contributed by atoms with van der Waals surface area (Å²) in [5.41, 5.74) is 1.12. The average Bonchev–Trinajstić information content (AvgIpc) is 2.92. The average molecular weight is 272 g/mol. The maximum Gasteiger partial charge on any atom is 0.231 e. The Labute approximate surface area is 112 Å². The zero-order valence-corrected chi connectivity index (χ0v) is 10.2. The van der Waals surface area contributed by atoms with Crippen LogP contribution < -0.4 is 0 Å². The van der Waals surface area contributed by atoms with E-state index in [9.17, 15) is 4.39 Å². The van der Waals surface area contributed by atoms with Crippen LogP contribution in [0.15, 0.2) is 41.1 Å². The summed E-state index contributed by atoms with van der Waals surface area (Å²) < 4.78 is 18.3. The molecule has 0 aliphatic carbocycles. The van der Waals surface area contributed by atoms with Crippen molar-refractivity contribution in [2.24, 2.45) is 0 Å². The molecule has 100 valence electrons. The first-order chi connectivity index (χ1) is 9.72. The Balaban J connectivity index is 1.82. The first-order valence-corrected chi connectivity index (χ1v) is 5.80. The van der Waals surface area contributed by atoms with Gasteiger partial charge in [-0.05, 0) is 29.8 Å². The standard InChI is InChI=1S/C13H9FN4O2/c14-9-6-8(3-4-11(9)19)7-12-16-13(18-20-12)10-2-1-5-15-17-10/h1-6,19H,7H2. The van der Waals surface area contributed by atoms with Gasteiger partial charge in [0.25, 0.3) is 0 Å². The molecule has 1 N–H and O–H groups in total. The predicted octanol–water partition coefficient (Wildman–Crippen LogP) is 1.96. The van der Waals surface area contributed by atoms with Crippen LogP contribution in [0.2, 0.25) is 0 Å². The van der Waals surface area contributed by atoms with Gasteiger partial charge < -0.3 is 9.63 Å². The fourth-order valence-electron chi connectivity index (χ4n) is 1.69. The predicted molar refractivity (Wildman–Crippen MR) is 66.2 cm³/mol. The lowest BCUT2D eigenvalue weighted by Gasteiger charge is -1.98. The number of rotatable bonds is 3. The van der Waals surface area contributed by atoms with Crippen molar-refractivity contribution in [1.29, 1.82) is 0 Å². The number of aromatic hydroxyl groups is 1. The molecule has 2 heterocycles. The number of hydrogen-bond acceptors (Lipinski definition) is 6. The highest BCUT2D eigenvalue weighted by Gasteiger charge is 2.11. The van der Waals surface area contributed by atoms with Crippen molar-refractivity contribution in [3.63, 3.8) is 0 Å². The summed E-state index contributed by atoms with van der Waals surface area (Å²) in [5.74, 6) is -0.418. The van der Waals surface area contributed by atoms with Crippen LogP contribution in [0.4, 0.5) is 4.39 Å². The number of phenolic OH excluding ortho intramolecular Hbond substituents is 1. The Morgan fingerprint density at radius 2 is 2.15 bits per heavy atom. The Bertz CT molecular complexity index is 730. The van der Waals surface area contributed by atoms with Crippen molar-refractivity contribution in [2.45, 2.75) is 6.42 Å². The lowest BCUT2D eigenvalue weighted by atomic mass is 10.1. The van der Waals surface area contributed by atoms with Crippen LogP contribution in [0.3, 0.4) is 0 Å². The highest BCUT2D eigenvalue weighted by molar-refractivity contribution is 5.46. The van der Waals surface area contributed by atoms with Gasteiger partial charge >= 0.3 is 0 Å². The number of halogens is 1. The molecule has 3 rings (SSSR count). The summed E-state index contributed by atoms with van der Waals surface area (Å²) in [5, 5.41) is 20.5. The monoisotopic (exact) mass is 272 g/mol. The minimum Gasteiger partial charge on any atom is -0.505 e. The van der Waals surface area contributed by atoms with E-state index >= 15 is 0 Å². The van der Waals surface area contributed by atoms with Gasteiger partial charge in [-0.25, -0.2) is 4.39 Å². The van der Waals surface area contributed by atoms with Gasteiger partial charge in [0.2, 0.25) is 11.7 Å². The molecule has 20 heavy (non-hydrogen) atoms. The third kappa shape index (κ3) is 2.46. The van der Waals surface area contributed by atoms with Gasteiger partial charge in [0.1, 0.15) is 5.69 Å². The molecule has 1 aromatic carbocycles. The number of benzene rings is 1. The molecule has 0 spiro atoms. The summed E-state index contributed by atoms with van der Waals surface area (Å²) in [4.78, 5) is 4.16. The molecular formula is C13H9FN4O2. The van der Waals surface area contributed by atoms with Gasteiger partial charge in [-0.15, -0.1) is 5.10 Å². The summed E-state index contributed by atoms with van der Waals surface area (Å²) in [6.45, 7) is 0. The molecule has 0 saturated carbocycles. The van der Waals surface area contributed by atoms with Gasteiger partial charge in [0, 0.05) is 6.20 Å². The van der Waals surface area contributed by atoms with Crippen molar-refractivity contribution >= 4 is 0 Å². The highest BCUT2D eigenvalue weighted by atomic mass is 19.1. The molecule has 0 aliphatic rings. The summed E-state index contributed by atoms with van der Waals surface area (Å²) >= 11 is 0. The van der Waals surface area contributed by atoms with Crippen LogP contribution in [0, 0.1) is 5.82 Å². The number of hydrogen-bond donors (Lipinski definition) is 1. The van der Waals surface area contributed by atoms with E-state index in [2.05, 4.69) is 20.3 Å². The van der Waals surface area contributed by atoms with Crippen molar-refractivity contribution < 1.29 is 14.0 Å². The quantitative estimate of drug-likeness (QED) is 0.784. The summed E-state index contributed by atoms with van der Waals surface area (Å²) in [6.07, 6.45) is 1.81. The minimum absolute atomic E-state index is 0.268. The lowest BCUT2D eigenvalue weighted by Crippen LogP contribution is -1.91. The summed E-state index contributed by atoms with van der Waals surface area (Å²) in [7, 11) is 0. The van der Waals surface area contributed by atoms with Crippen molar-refractivity contribution in [3.05, 3.63) is 53.8 Å². The second-order valence-electron chi connectivity index (χ2n) is 4.08. The van der Waals surface area contributed by atoms with Crippen LogP contribution in [0.1, 0.15) is 11.5 Å². The number of nitrogens with zero attached hydrogens (tertiary/aromatic N) is 4. The number of phenols is 1. The molecule has 0 atom stereocenters. The summed E-state index contributed by atoms with van der Waals surface area (Å²) in [6, 6.07) is 7.52. The number of aromatic nitrogens is 4. The Hall–Kier alpha value is -2.83. The van der Waals surface area contributed by atoms with E-state index in [1.807, 2.05) is 0 Å². The van der Waals surface area contributed by atoms with Gasteiger partial charge in [0.05, 0.1) is 6.42 Å². The highest BCUT2D eigenvalue weighted by Crippen LogP contribution is 2.19. The Morgan fingerprint density at radius 1 is 1.25 bits per heavy atom. The first-order valence-electron chi connectivity index (χ1n) is 5.80. The fraction of sp³-hybridized carbons (Fsp3) is 0.0769. The molecule has 6 nitrogen and oxygen atoms in total. The molecule has 0 bridgehead atoms. The van der Waals surface area contributed by atoms with E-state index < -0.39 is 5.82 Å². The molecular weight excluding hydrogens is 263 g/mol. The normalized spacial score (nSPS) is 10.7. The zero-order chi connectivity index (χ0) is 13.9. The lowest BCUT2D eigenvalue weighted by molar-refractivity contribution is 0.385. The van der Waals surface area contributed by atoms with Crippen LogP contribution in [0.5, 0.6) is 5.75 Å². The van der Waals surface area contributed by atoms with E-state index in [1.165, 1.54) is 12.1 Å². The molecule has 0 saturated heterocycles. The van der Waals surface area contributed by atoms with Crippen molar-refractivity contribution in [3.8, 4) is 17.3 Å². The Kier molecular flexibility index (Phi) is 3.08. The molecule has 0 radical (unpaired) electrons. The topological polar surface area (TPSA) is 84.9 Å². The molecule has 3 aromatic rings. The van der Waals surface area contributed by atoms with Gasteiger partial charge in [-0.3, -0.25) is 0 Å².